The summed E-state index contributed by atoms with van der Waals surface area (Å²) in [6.45, 7) is 5.60. The maximum Gasteiger partial charge on any atom is 0.326 e. The molecule has 0 N–H and O–H groups in total. The van der Waals surface area contributed by atoms with Crippen LogP contribution < -0.4 is 0 Å². The first-order valence-electron chi connectivity index (χ1n) is 8.02. The number of hydrogen-bond acceptors (Lipinski definition) is 4. The van der Waals surface area contributed by atoms with E-state index in [1.54, 1.807) is 6.92 Å². The second-order valence-corrected chi connectivity index (χ2v) is 5.68. The summed E-state index contributed by atoms with van der Waals surface area (Å²) in [5.41, 5.74) is 1.74. The minimum Gasteiger partial charge on any atom is -0.465 e. The molecular formula is C17H21N3O3. The van der Waals surface area contributed by atoms with Crippen molar-refractivity contribution in [2.45, 2.75) is 32.7 Å². The van der Waals surface area contributed by atoms with Crippen LogP contribution >= 0.6 is 0 Å². The molecule has 1 saturated heterocycles. The zero-order valence-corrected chi connectivity index (χ0v) is 13.5. The first-order chi connectivity index (χ1) is 11.1. The quantitative estimate of drug-likeness (QED) is 0.791. The highest BCUT2D eigenvalue weighted by atomic mass is 16.5. The number of para-hydroxylation sites is 2. The fourth-order valence-electron chi connectivity index (χ4n) is 3.16. The van der Waals surface area contributed by atoms with Crippen LogP contribution in [-0.2, 0) is 20.9 Å². The van der Waals surface area contributed by atoms with Gasteiger partial charge in [0.25, 0.3) is 0 Å². The molecule has 1 aromatic carbocycles. The van der Waals surface area contributed by atoms with E-state index in [0.29, 0.717) is 26.1 Å². The number of ether oxygens (including phenoxy) is 1. The molecule has 0 saturated carbocycles. The molecule has 0 unspecified atom stereocenters. The Balaban J connectivity index is 1.99. The van der Waals surface area contributed by atoms with E-state index in [2.05, 4.69) is 4.98 Å². The van der Waals surface area contributed by atoms with Crippen LogP contribution in [0, 0.1) is 0 Å². The first-order valence-corrected chi connectivity index (χ1v) is 8.02. The number of aromatic nitrogens is 2. The second-order valence-electron chi connectivity index (χ2n) is 5.68. The van der Waals surface area contributed by atoms with Gasteiger partial charge in [-0.2, -0.15) is 0 Å². The van der Waals surface area contributed by atoms with Crippen molar-refractivity contribution >= 4 is 22.9 Å². The van der Waals surface area contributed by atoms with Crippen molar-refractivity contribution in [1.82, 2.24) is 14.5 Å². The number of carbonyl (C=O) groups is 2. The molecule has 1 aliphatic heterocycles. The lowest BCUT2D eigenvalue weighted by Crippen LogP contribution is -2.24. The summed E-state index contributed by atoms with van der Waals surface area (Å²) in [6.07, 6.45) is 0.444. The summed E-state index contributed by atoms with van der Waals surface area (Å²) >= 11 is 0. The van der Waals surface area contributed by atoms with Crippen molar-refractivity contribution in [3.63, 3.8) is 0 Å². The number of fused-ring (bicyclic) bond motifs is 1. The van der Waals surface area contributed by atoms with Gasteiger partial charge in [0.2, 0.25) is 5.91 Å². The van der Waals surface area contributed by atoms with Crippen LogP contribution in [-0.4, -0.2) is 46.0 Å². The normalized spacial score (nSPS) is 17.9. The number of carbonyl (C=O) groups excluding carboxylic acids is 2. The molecule has 2 aromatic rings. The zero-order valence-electron chi connectivity index (χ0n) is 13.5. The largest absolute Gasteiger partial charge is 0.465 e. The van der Waals surface area contributed by atoms with Crippen LogP contribution in [0.4, 0.5) is 0 Å². The third-order valence-electron chi connectivity index (χ3n) is 4.24. The van der Waals surface area contributed by atoms with Gasteiger partial charge < -0.3 is 14.2 Å². The van der Waals surface area contributed by atoms with Gasteiger partial charge in [0.1, 0.15) is 12.4 Å². The molecule has 0 spiro atoms. The van der Waals surface area contributed by atoms with Gasteiger partial charge in [-0.25, -0.2) is 4.98 Å². The number of rotatable bonds is 5. The lowest BCUT2D eigenvalue weighted by atomic mass is 10.1. The van der Waals surface area contributed by atoms with Crippen LogP contribution in [0.1, 0.15) is 32.0 Å². The minimum atomic E-state index is -0.284. The molecule has 23 heavy (non-hydrogen) atoms. The predicted octanol–water partition coefficient (Wildman–Crippen LogP) is 1.94. The molecule has 3 rings (SSSR count). The van der Waals surface area contributed by atoms with Crippen LogP contribution in [0.3, 0.4) is 0 Å². The maximum atomic E-state index is 12.0. The molecule has 6 nitrogen and oxygen atoms in total. The van der Waals surface area contributed by atoms with E-state index >= 15 is 0 Å². The van der Waals surface area contributed by atoms with Crippen LogP contribution in [0.15, 0.2) is 24.3 Å². The Kier molecular flexibility index (Phi) is 4.32. The fraction of sp³-hybridized carbons (Fsp3) is 0.471. The highest BCUT2D eigenvalue weighted by Crippen LogP contribution is 2.30. The highest BCUT2D eigenvalue weighted by Gasteiger charge is 2.33. The molecule has 1 fully saturated rings. The summed E-state index contributed by atoms with van der Waals surface area (Å²) in [6, 6.07) is 7.72. The van der Waals surface area contributed by atoms with Gasteiger partial charge in [-0.1, -0.05) is 12.1 Å². The van der Waals surface area contributed by atoms with E-state index in [1.807, 2.05) is 40.7 Å². The number of amides is 1. The van der Waals surface area contributed by atoms with Gasteiger partial charge in [-0.05, 0) is 26.0 Å². The van der Waals surface area contributed by atoms with Crippen molar-refractivity contribution in [3.05, 3.63) is 30.1 Å². The molecule has 1 atom stereocenters. The number of imidazole rings is 1. The number of hydrogen-bond donors (Lipinski definition) is 0. The van der Waals surface area contributed by atoms with Gasteiger partial charge in [-0.3, -0.25) is 9.59 Å². The molecule has 1 aromatic heterocycles. The van der Waals surface area contributed by atoms with Gasteiger partial charge in [-0.15, -0.1) is 0 Å². The molecule has 1 aliphatic rings. The highest BCUT2D eigenvalue weighted by molar-refractivity contribution is 5.81. The van der Waals surface area contributed by atoms with Gasteiger partial charge in [0.15, 0.2) is 0 Å². The van der Waals surface area contributed by atoms with Crippen molar-refractivity contribution in [1.29, 1.82) is 0 Å². The third-order valence-corrected chi connectivity index (χ3v) is 4.24. The second kappa shape index (κ2) is 6.40. The van der Waals surface area contributed by atoms with Gasteiger partial charge >= 0.3 is 5.97 Å². The van der Waals surface area contributed by atoms with Crippen molar-refractivity contribution in [2.75, 3.05) is 19.7 Å². The minimum absolute atomic E-state index is 0.0178. The summed E-state index contributed by atoms with van der Waals surface area (Å²) < 4.78 is 6.97. The Bertz CT molecular complexity index is 738. The Morgan fingerprint density at radius 3 is 2.83 bits per heavy atom. The SMILES string of the molecule is CCOC(=O)Cn1c([C@@H]2CC(=O)N(CC)C2)nc2ccccc21. The van der Waals surface area contributed by atoms with Crippen molar-refractivity contribution < 1.29 is 14.3 Å². The first kappa shape index (κ1) is 15.5. The van der Waals surface area contributed by atoms with Crippen LogP contribution in [0.2, 0.25) is 0 Å². The number of likely N-dealkylation sites (N-methyl/N-ethyl adjacent to an activating group) is 1. The summed E-state index contributed by atoms with van der Waals surface area (Å²) in [7, 11) is 0. The standard InChI is InChI=1S/C17H21N3O3/c1-3-19-10-12(9-15(19)21)17-18-13-7-5-6-8-14(13)20(17)11-16(22)23-4-2/h5-8,12H,3-4,9-11H2,1-2H3/t12-/m1/s1. The fourth-order valence-corrected chi connectivity index (χ4v) is 3.16. The van der Waals surface area contributed by atoms with Crippen LogP contribution in [0.25, 0.3) is 11.0 Å². The van der Waals surface area contributed by atoms with E-state index < -0.39 is 0 Å². The van der Waals surface area contributed by atoms with E-state index in [9.17, 15) is 9.59 Å². The Labute approximate surface area is 135 Å². The molecular weight excluding hydrogens is 294 g/mol. The molecule has 1 amide bonds. The number of esters is 1. The van der Waals surface area contributed by atoms with E-state index in [1.165, 1.54) is 0 Å². The maximum absolute atomic E-state index is 12.0. The topological polar surface area (TPSA) is 64.4 Å². The number of benzene rings is 1. The average molecular weight is 315 g/mol. The van der Waals surface area contributed by atoms with Crippen LogP contribution in [0.5, 0.6) is 0 Å². The molecule has 0 bridgehead atoms. The molecule has 6 heteroatoms. The Morgan fingerprint density at radius 1 is 1.35 bits per heavy atom. The van der Waals surface area contributed by atoms with E-state index in [4.69, 9.17) is 4.74 Å². The third kappa shape index (κ3) is 2.93. The van der Waals surface area contributed by atoms with Crippen molar-refractivity contribution in [2.24, 2.45) is 0 Å². The Morgan fingerprint density at radius 2 is 2.13 bits per heavy atom. The lowest BCUT2D eigenvalue weighted by molar-refractivity contribution is -0.143. The van der Waals surface area contributed by atoms with Crippen molar-refractivity contribution in [3.8, 4) is 0 Å². The predicted molar refractivity (Wildman–Crippen MR) is 86.0 cm³/mol. The molecule has 0 aliphatic carbocycles. The molecule has 0 radical (unpaired) electrons. The number of likely N-dealkylation sites (tertiary alicyclic amines) is 1. The summed E-state index contributed by atoms with van der Waals surface area (Å²) in [5, 5.41) is 0. The monoisotopic (exact) mass is 315 g/mol. The lowest BCUT2D eigenvalue weighted by Gasteiger charge is -2.15. The van der Waals surface area contributed by atoms with E-state index in [-0.39, 0.29) is 24.3 Å². The molecule has 122 valence electrons. The van der Waals surface area contributed by atoms with E-state index in [0.717, 1.165) is 16.9 Å². The number of nitrogens with zero attached hydrogens (tertiary/aromatic N) is 3. The smallest absolute Gasteiger partial charge is 0.326 e. The molecule has 2 heterocycles. The van der Waals surface area contributed by atoms with Gasteiger partial charge in [0, 0.05) is 25.4 Å². The van der Waals surface area contributed by atoms with Gasteiger partial charge in [0.05, 0.1) is 17.6 Å². The summed E-state index contributed by atoms with van der Waals surface area (Å²) in [5.74, 6) is 0.675. The zero-order chi connectivity index (χ0) is 16.4. The average Bonchev–Trinajstić information content (AvgIpc) is 3.08. The summed E-state index contributed by atoms with van der Waals surface area (Å²) in [4.78, 5) is 30.5. The Hall–Kier alpha value is -2.37.